The van der Waals surface area contributed by atoms with Crippen molar-refractivity contribution in [3.8, 4) is 5.75 Å². The van der Waals surface area contributed by atoms with Crippen LogP contribution in [0.15, 0.2) is 36.4 Å². The van der Waals surface area contributed by atoms with Crippen molar-refractivity contribution in [3.63, 3.8) is 0 Å². The average Bonchev–Trinajstić information content (AvgIpc) is 2.45. The van der Waals surface area contributed by atoms with Crippen molar-refractivity contribution in [3.05, 3.63) is 64.2 Å². The SMILES string of the molecule is COc1ccc(C(NN)c2ccc(C)c(C)c2)c(C)c1. The van der Waals surface area contributed by atoms with Crippen LogP contribution in [0.1, 0.15) is 33.9 Å². The quantitative estimate of drug-likeness (QED) is 0.662. The van der Waals surface area contributed by atoms with Crippen LogP contribution in [0.3, 0.4) is 0 Å². The number of nitrogens with one attached hydrogen (secondary N) is 1. The number of hydrogen-bond acceptors (Lipinski definition) is 3. The van der Waals surface area contributed by atoms with Gasteiger partial charge in [-0.15, -0.1) is 0 Å². The zero-order chi connectivity index (χ0) is 14.7. The first kappa shape index (κ1) is 14.6. The molecule has 2 aromatic carbocycles. The molecule has 3 N–H and O–H groups in total. The van der Waals surface area contributed by atoms with Crippen molar-refractivity contribution in [2.45, 2.75) is 26.8 Å². The maximum absolute atomic E-state index is 5.78. The van der Waals surface area contributed by atoms with Gasteiger partial charge in [0.1, 0.15) is 5.75 Å². The van der Waals surface area contributed by atoms with Crippen molar-refractivity contribution in [1.29, 1.82) is 0 Å². The molecule has 0 aliphatic rings. The number of nitrogens with two attached hydrogens (primary N) is 1. The molecule has 106 valence electrons. The molecule has 0 saturated carbocycles. The third kappa shape index (κ3) is 2.84. The summed E-state index contributed by atoms with van der Waals surface area (Å²) in [6.07, 6.45) is 0. The lowest BCUT2D eigenvalue weighted by molar-refractivity contribution is 0.414. The van der Waals surface area contributed by atoms with E-state index in [-0.39, 0.29) is 6.04 Å². The summed E-state index contributed by atoms with van der Waals surface area (Å²) in [5, 5.41) is 0. The topological polar surface area (TPSA) is 47.3 Å². The summed E-state index contributed by atoms with van der Waals surface area (Å²) in [5.41, 5.74) is 8.97. The van der Waals surface area contributed by atoms with E-state index in [0.717, 1.165) is 16.9 Å². The summed E-state index contributed by atoms with van der Waals surface area (Å²) in [6, 6.07) is 12.5. The first-order valence-corrected chi connectivity index (χ1v) is 6.74. The fourth-order valence-corrected chi connectivity index (χ4v) is 2.41. The lowest BCUT2D eigenvalue weighted by atomic mass is 9.93. The Balaban J connectivity index is 2.43. The minimum Gasteiger partial charge on any atom is -0.497 e. The van der Waals surface area contributed by atoms with Crippen LogP contribution in [0.25, 0.3) is 0 Å². The Bertz CT molecular complexity index is 608. The Morgan fingerprint density at radius 1 is 0.950 bits per heavy atom. The summed E-state index contributed by atoms with van der Waals surface area (Å²) in [6.45, 7) is 6.30. The predicted molar refractivity (Wildman–Crippen MR) is 82.8 cm³/mol. The van der Waals surface area contributed by atoms with E-state index in [1.165, 1.54) is 16.7 Å². The number of aryl methyl sites for hydroxylation is 3. The van der Waals surface area contributed by atoms with Gasteiger partial charge >= 0.3 is 0 Å². The van der Waals surface area contributed by atoms with Crippen molar-refractivity contribution < 1.29 is 4.74 Å². The van der Waals surface area contributed by atoms with Gasteiger partial charge in [-0.1, -0.05) is 24.3 Å². The molecule has 2 aromatic rings. The second-order valence-corrected chi connectivity index (χ2v) is 5.17. The minimum absolute atomic E-state index is 0.0137. The van der Waals surface area contributed by atoms with Crippen LogP contribution in [0.2, 0.25) is 0 Å². The van der Waals surface area contributed by atoms with Gasteiger partial charge in [-0.05, 0) is 60.7 Å². The Hall–Kier alpha value is -1.84. The van der Waals surface area contributed by atoms with Gasteiger partial charge in [0.15, 0.2) is 0 Å². The smallest absolute Gasteiger partial charge is 0.119 e. The lowest BCUT2D eigenvalue weighted by Gasteiger charge is -2.20. The molecule has 1 atom stereocenters. The van der Waals surface area contributed by atoms with E-state index >= 15 is 0 Å². The molecule has 0 aliphatic carbocycles. The third-order valence-electron chi connectivity index (χ3n) is 3.82. The first-order chi connectivity index (χ1) is 9.56. The van der Waals surface area contributed by atoms with Gasteiger partial charge in [-0.25, -0.2) is 5.43 Å². The van der Waals surface area contributed by atoms with E-state index in [9.17, 15) is 0 Å². The van der Waals surface area contributed by atoms with Crippen LogP contribution >= 0.6 is 0 Å². The van der Waals surface area contributed by atoms with Gasteiger partial charge in [0.2, 0.25) is 0 Å². The molecule has 0 heterocycles. The molecule has 0 bridgehead atoms. The van der Waals surface area contributed by atoms with Crippen molar-refractivity contribution in [1.82, 2.24) is 5.43 Å². The fourth-order valence-electron chi connectivity index (χ4n) is 2.41. The zero-order valence-electron chi connectivity index (χ0n) is 12.5. The Kier molecular flexibility index (Phi) is 4.42. The van der Waals surface area contributed by atoms with E-state index in [1.54, 1.807) is 7.11 Å². The zero-order valence-corrected chi connectivity index (χ0v) is 12.5. The summed E-state index contributed by atoms with van der Waals surface area (Å²) in [5.74, 6) is 6.65. The Labute approximate surface area is 120 Å². The van der Waals surface area contributed by atoms with Gasteiger partial charge in [-0.2, -0.15) is 0 Å². The monoisotopic (exact) mass is 270 g/mol. The number of ether oxygens (including phenoxy) is 1. The van der Waals surface area contributed by atoms with Gasteiger partial charge in [0, 0.05) is 0 Å². The van der Waals surface area contributed by atoms with E-state index in [0.29, 0.717) is 0 Å². The van der Waals surface area contributed by atoms with Crippen LogP contribution in [-0.2, 0) is 0 Å². The lowest BCUT2D eigenvalue weighted by Crippen LogP contribution is -2.29. The first-order valence-electron chi connectivity index (χ1n) is 6.74. The van der Waals surface area contributed by atoms with E-state index in [1.807, 2.05) is 12.1 Å². The van der Waals surface area contributed by atoms with Gasteiger partial charge < -0.3 is 4.74 Å². The van der Waals surface area contributed by atoms with Crippen molar-refractivity contribution in [2.24, 2.45) is 5.84 Å². The van der Waals surface area contributed by atoms with Crippen molar-refractivity contribution >= 4 is 0 Å². The molecule has 2 rings (SSSR count). The predicted octanol–water partition coefficient (Wildman–Crippen LogP) is 3.17. The number of benzene rings is 2. The normalized spacial score (nSPS) is 12.2. The molecule has 0 spiro atoms. The average molecular weight is 270 g/mol. The van der Waals surface area contributed by atoms with Crippen LogP contribution in [0.5, 0.6) is 5.75 Å². The maximum Gasteiger partial charge on any atom is 0.119 e. The molecule has 1 unspecified atom stereocenters. The largest absolute Gasteiger partial charge is 0.497 e. The van der Waals surface area contributed by atoms with Crippen molar-refractivity contribution in [2.75, 3.05) is 7.11 Å². The molecule has 0 fully saturated rings. The summed E-state index contributed by atoms with van der Waals surface area (Å²) < 4.78 is 5.25. The number of hydrazine groups is 1. The van der Waals surface area contributed by atoms with Gasteiger partial charge in [0.05, 0.1) is 13.2 Å². The highest BCUT2D eigenvalue weighted by Gasteiger charge is 2.15. The van der Waals surface area contributed by atoms with Crippen LogP contribution in [0, 0.1) is 20.8 Å². The summed E-state index contributed by atoms with van der Waals surface area (Å²) >= 11 is 0. The Morgan fingerprint density at radius 3 is 2.25 bits per heavy atom. The molecule has 3 nitrogen and oxygen atoms in total. The molecule has 0 amide bonds. The molecule has 0 aliphatic heterocycles. The second kappa shape index (κ2) is 6.07. The fraction of sp³-hybridized carbons (Fsp3) is 0.294. The third-order valence-corrected chi connectivity index (χ3v) is 3.82. The summed E-state index contributed by atoms with van der Waals surface area (Å²) in [4.78, 5) is 0. The maximum atomic E-state index is 5.78. The van der Waals surface area contributed by atoms with Crippen LogP contribution in [-0.4, -0.2) is 7.11 Å². The Morgan fingerprint density at radius 2 is 1.70 bits per heavy atom. The van der Waals surface area contributed by atoms with Crippen LogP contribution in [0.4, 0.5) is 0 Å². The molecular weight excluding hydrogens is 248 g/mol. The number of methoxy groups -OCH3 is 1. The highest BCUT2D eigenvalue weighted by atomic mass is 16.5. The number of rotatable bonds is 4. The van der Waals surface area contributed by atoms with Gasteiger partial charge in [-0.3, -0.25) is 5.84 Å². The summed E-state index contributed by atoms with van der Waals surface area (Å²) in [7, 11) is 1.68. The molecular formula is C17H22N2O. The highest BCUT2D eigenvalue weighted by Crippen LogP contribution is 2.28. The van der Waals surface area contributed by atoms with E-state index < -0.39 is 0 Å². The minimum atomic E-state index is -0.0137. The molecule has 0 radical (unpaired) electrons. The molecule has 0 aromatic heterocycles. The molecule has 0 saturated heterocycles. The number of hydrogen-bond donors (Lipinski definition) is 2. The second-order valence-electron chi connectivity index (χ2n) is 5.17. The van der Waals surface area contributed by atoms with Gasteiger partial charge in [0.25, 0.3) is 0 Å². The molecule has 3 heteroatoms. The van der Waals surface area contributed by atoms with E-state index in [4.69, 9.17) is 10.6 Å². The highest BCUT2D eigenvalue weighted by molar-refractivity contribution is 5.42. The van der Waals surface area contributed by atoms with E-state index in [2.05, 4.69) is 50.5 Å². The standard InChI is InChI=1S/C17H22N2O/c1-11-5-6-14(9-12(11)2)17(19-18)16-8-7-15(20-4)10-13(16)3/h5-10,17,19H,18H2,1-4H3. The van der Waals surface area contributed by atoms with Crippen LogP contribution < -0.4 is 16.0 Å². The molecule has 20 heavy (non-hydrogen) atoms.